The molecule has 7 heteroatoms. The van der Waals surface area contributed by atoms with Crippen molar-refractivity contribution in [1.29, 1.82) is 0 Å². The van der Waals surface area contributed by atoms with Crippen molar-refractivity contribution in [2.24, 2.45) is 5.92 Å². The molecule has 0 bridgehead atoms. The van der Waals surface area contributed by atoms with E-state index in [0.29, 0.717) is 43.9 Å². The van der Waals surface area contributed by atoms with Crippen LogP contribution in [-0.2, 0) is 11.0 Å². The number of ether oxygens (including phenoxy) is 1. The molecule has 1 N–H and O–H groups in total. The second-order valence-corrected chi connectivity index (χ2v) is 7.11. The molecule has 0 saturated carbocycles. The van der Waals surface area contributed by atoms with Gasteiger partial charge in [-0.3, -0.25) is 9.69 Å². The molecule has 2 aromatic carbocycles. The third-order valence-electron chi connectivity index (χ3n) is 5.32. The van der Waals surface area contributed by atoms with Gasteiger partial charge in [-0.2, -0.15) is 13.2 Å². The van der Waals surface area contributed by atoms with Gasteiger partial charge in [-0.05, 0) is 50.6 Å². The number of benzene rings is 2. The van der Waals surface area contributed by atoms with E-state index in [2.05, 4.69) is 0 Å². The van der Waals surface area contributed by atoms with Crippen LogP contribution in [0, 0.1) is 5.92 Å². The normalized spacial score (nSPS) is 17.1. The number of likely N-dealkylation sites (tertiary alicyclic amines) is 1. The maximum absolute atomic E-state index is 13.8. The fourth-order valence-electron chi connectivity index (χ4n) is 3.95. The lowest BCUT2D eigenvalue weighted by Gasteiger charge is -2.38. The van der Waals surface area contributed by atoms with Crippen LogP contribution < -0.4 is 4.74 Å². The summed E-state index contributed by atoms with van der Waals surface area (Å²) in [5, 5.41) is 9.27. The Balaban J connectivity index is 2.09. The number of para-hydroxylation sites is 1. The van der Waals surface area contributed by atoms with Gasteiger partial charge in [0.05, 0.1) is 24.1 Å². The lowest BCUT2D eigenvalue weighted by Crippen LogP contribution is -2.40. The summed E-state index contributed by atoms with van der Waals surface area (Å²) in [5.74, 6) is -0.782. The van der Waals surface area contributed by atoms with Crippen LogP contribution in [0.3, 0.4) is 0 Å². The van der Waals surface area contributed by atoms with E-state index in [9.17, 15) is 23.1 Å². The molecule has 1 heterocycles. The van der Waals surface area contributed by atoms with Crippen LogP contribution in [0.15, 0.2) is 48.5 Å². The van der Waals surface area contributed by atoms with Crippen LogP contribution in [0.4, 0.5) is 13.2 Å². The summed E-state index contributed by atoms with van der Waals surface area (Å²) in [7, 11) is 0. The van der Waals surface area contributed by atoms with Crippen LogP contribution in [0.5, 0.6) is 5.75 Å². The van der Waals surface area contributed by atoms with Crippen molar-refractivity contribution in [3.05, 3.63) is 65.2 Å². The van der Waals surface area contributed by atoms with Crippen molar-refractivity contribution in [3.8, 4) is 5.75 Å². The fourth-order valence-corrected chi connectivity index (χ4v) is 3.95. The number of hydrogen-bond acceptors (Lipinski definition) is 3. The first-order valence-electron chi connectivity index (χ1n) is 9.67. The molecular formula is C22H24F3NO3. The number of nitrogens with zero attached hydrogens (tertiary/aromatic N) is 1. The molecular weight excluding hydrogens is 383 g/mol. The summed E-state index contributed by atoms with van der Waals surface area (Å²) >= 11 is 0. The van der Waals surface area contributed by atoms with Gasteiger partial charge in [-0.1, -0.05) is 36.4 Å². The third kappa shape index (κ3) is 4.72. The average Bonchev–Trinajstić information content (AvgIpc) is 2.70. The topological polar surface area (TPSA) is 49.8 Å². The minimum Gasteiger partial charge on any atom is -0.494 e. The molecule has 0 aromatic heterocycles. The molecule has 0 amide bonds. The van der Waals surface area contributed by atoms with Crippen LogP contribution in [0.25, 0.3) is 0 Å². The third-order valence-corrected chi connectivity index (χ3v) is 5.32. The van der Waals surface area contributed by atoms with Crippen LogP contribution in [0.2, 0.25) is 0 Å². The summed E-state index contributed by atoms with van der Waals surface area (Å²) < 4.78 is 47.1. The van der Waals surface area contributed by atoms with E-state index in [1.807, 2.05) is 11.8 Å². The number of piperidine rings is 1. The number of aliphatic carboxylic acids is 1. The van der Waals surface area contributed by atoms with Crippen LogP contribution >= 0.6 is 0 Å². The van der Waals surface area contributed by atoms with Gasteiger partial charge in [0.1, 0.15) is 5.75 Å². The largest absolute Gasteiger partial charge is 0.494 e. The predicted octanol–water partition coefficient (Wildman–Crippen LogP) is 4.99. The first-order chi connectivity index (χ1) is 13.8. The highest BCUT2D eigenvalue weighted by atomic mass is 19.4. The van der Waals surface area contributed by atoms with Crippen LogP contribution in [-0.4, -0.2) is 35.7 Å². The Bertz CT molecular complexity index is 845. The van der Waals surface area contributed by atoms with E-state index in [4.69, 9.17) is 4.74 Å². The molecule has 2 aromatic rings. The van der Waals surface area contributed by atoms with Gasteiger partial charge in [0, 0.05) is 5.56 Å². The summed E-state index contributed by atoms with van der Waals surface area (Å²) in [6.45, 7) is 3.02. The van der Waals surface area contributed by atoms with Crippen molar-refractivity contribution >= 4 is 5.97 Å². The van der Waals surface area contributed by atoms with Gasteiger partial charge in [-0.15, -0.1) is 0 Å². The van der Waals surface area contributed by atoms with Gasteiger partial charge in [0.15, 0.2) is 0 Å². The molecule has 3 rings (SSSR count). The summed E-state index contributed by atoms with van der Waals surface area (Å²) in [6.07, 6.45) is -3.69. The van der Waals surface area contributed by atoms with Crippen molar-refractivity contribution < 1.29 is 27.8 Å². The van der Waals surface area contributed by atoms with Crippen molar-refractivity contribution in [3.63, 3.8) is 0 Å². The summed E-state index contributed by atoms with van der Waals surface area (Å²) in [5.41, 5.74) is 0.123. The zero-order chi connectivity index (χ0) is 21.0. The Morgan fingerprint density at radius 3 is 2.28 bits per heavy atom. The Kier molecular flexibility index (Phi) is 6.47. The summed E-state index contributed by atoms with van der Waals surface area (Å²) in [4.78, 5) is 13.2. The number of carbonyl (C=O) groups is 1. The predicted molar refractivity (Wildman–Crippen MR) is 103 cm³/mol. The Hall–Kier alpha value is -2.54. The molecule has 0 aliphatic carbocycles. The molecule has 1 aliphatic rings. The molecule has 1 fully saturated rings. The van der Waals surface area contributed by atoms with E-state index < -0.39 is 29.7 Å². The van der Waals surface area contributed by atoms with Gasteiger partial charge in [0.2, 0.25) is 0 Å². The van der Waals surface area contributed by atoms with E-state index >= 15 is 0 Å². The molecule has 0 radical (unpaired) electrons. The van der Waals surface area contributed by atoms with Crippen molar-refractivity contribution in [2.75, 3.05) is 19.7 Å². The van der Waals surface area contributed by atoms with Crippen molar-refractivity contribution in [1.82, 2.24) is 4.90 Å². The Morgan fingerprint density at radius 2 is 1.69 bits per heavy atom. The minimum atomic E-state index is -4.49. The van der Waals surface area contributed by atoms with Gasteiger partial charge < -0.3 is 9.84 Å². The molecule has 0 spiro atoms. The Morgan fingerprint density at radius 1 is 1.10 bits per heavy atom. The first-order valence-corrected chi connectivity index (χ1v) is 9.67. The minimum absolute atomic E-state index is 0.154. The molecule has 1 unspecified atom stereocenters. The highest BCUT2D eigenvalue weighted by Gasteiger charge is 2.39. The van der Waals surface area contributed by atoms with E-state index in [-0.39, 0.29) is 5.56 Å². The van der Waals surface area contributed by atoms with Gasteiger partial charge in [0.25, 0.3) is 0 Å². The van der Waals surface area contributed by atoms with E-state index in [0.717, 1.165) is 6.07 Å². The zero-order valence-corrected chi connectivity index (χ0v) is 16.2. The molecule has 1 saturated heterocycles. The molecule has 4 nitrogen and oxygen atoms in total. The van der Waals surface area contributed by atoms with Crippen molar-refractivity contribution in [2.45, 2.75) is 32.0 Å². The highest BCUT2D eigenvalue weighted by molar-refractivity contribution is 5.70. The first kappa shape index (κ1) is 21.2. The van der Waals surface area contributed by atoms with E-state index in [1.165, 1.54) is 12.1 Å². The van der Waals surface area contributed by atoms with Gasteiger partial charge in [-0.25, -0.2) is 0 Å². The number of halogens is 3. The number of carboxylic acid groups (broad SMARTS) is 1. The maximum Gasteiger partial charge on any atom is 0.416 e. The van der Waals surface area contributed by atoms with Crippen LogP contribution in [0.1, 0.15) is 42.5 Å². The highest BCUT2D eigenvalue weighted by Crippen LogP contribution is 2.42. The monoisotopic (exact) mass is 407 g/mol. The standard InChI is InChI=1S/C22H24F3NO3/c1-2-29-19-10-6-4-8-17(19)20(26-13-11-15(12-14-26)21(27)28)16-7-3-5-9-18(16)22(23,24)25/h3-10,15,20H,2,11-14H2,1H3,(H,27,28). The zero-order valence-electron chi connectivity index (χ0n) is 16.2. The number of rotatable bonds is 6. The quantitative estimate of drug-likeness (QED) is 0.733. The van der Waals surface area contributed by atoms with E-state index in [1.54, 1.807) is 30.3 Å². The molecule has 29 heavy (non-hydrogen) atoms. The number of carboxylic acids is 1. The molecule has 156 valence electrons. The smallest absolute Gasteiger partial charge is 0.416 e. The number of alkyl halides is 3. The molecule has 1 atom stereocenters. The second kappa shape index (κ2) is 8.86. The lowest BCUT2D eigenvalue weighted by atomic mass is 9.88. The lowest BCUT2D eigenvalue weighted by molar-refractivity contribution is -0.143. The maximum atomic E-state index is 13.8. The number of hydrogen-bond donors (Lipinski definition) is 1. The Labute approximate surface area is 167 Å². The average molecular weight is 407 g/mol. The second-order valence-electron chi connectivity index (χ2n) is 7.11. The SMILES string of the molecule is CCOc1ccccc1C(c1ccccc1C(F)(F)F)N1CCC(C(=O)O)CC1. The fraction of sp³-hybridized carbons (Fsp3) is 0.409. The van der Waals surface area contributed by atoms with Gasteiger partial charge >= 0.3 is 12.1 Å². The summed E-state index contributed by atoms with van der Waals surface area (Å²) in [6, 6.07) is 12.0. The molecule has 1 aliphatic heterocycles.